The van der Waals surface area contributed by atoms with E-state index < -0.39 is 17.8 Å². The number of rotatable bonds is 5. The number of amides is 1. The summed E-state index contributed by atoms with van der Waals surface area (Å²) in [5, 5.41) is 14.9. The Kier molecular flexibility index (Phi) is 4.76. The molecule has 0 unspecified atom stereocenters. The average Bonchev–Trinajstić information content (AvgIpc) is 3.37. The lowest BCUT2D eigenvalue weighted by atomic mass is 9.79. The second-order valence-electron chi connectivity index (χ2n) is 8.03. The van der Waals surface area contributed by atoms with E-state index in [-0.39, 0.29) is 17.7 Å². The number of anilines is 1. The Bertz CT molecular complexity index is 859. The van der Waals surface area contributed by atoms with Crippen LogP contribution in [0.15, 0.2) is 29.6 Å². The summed E-state index contributed by atoms with van der Waals surface area (Å²) in [7, 11) is 0. The maximum absolute atomic E-state index is 12.8. The minimum atomic E-state index is -0.840. The normalized spacial score (nSPS) is 26.5. The van der Waals surface area contributed by atoms with Crippen molar-refractivity contribution in [2.75, 3.05) is 5.32 Å². The molecule has 1 heterocycles. The van der Waals surface area contributed by atoms with Crippen LogP contribution in [0.1, 0.15) is 44.6 Å². The summed E-state index contributed by atoms with van der Waals surface area (Å²) in [4.78, 5) is 28.9. The molecule has 27 heavy (non-hydrogen) atoms. The van der Waals surface area contributed by atoms with E-state index in [9.17, 15) is 14.7 Å². The van der Waals surface area contributed by atoms with E-state index in [1.165, 1.54) is 16.9 Å². The summed E-state index contributed by atoms with van der Waals surface area (Å²) in [6.45, 7) is 4.32. The third-order valence-corrected chi connectivity index (χ3v) is 6.87. The van der Waals surface area contributed by atoms with Crippen molar-refractivity contribution in [1.29, 1.82) is 0 Å². The van der Waals surface area contributed by atoms with Gasteiger partial charge in [-0.1, -0.05) is 38.1 Å². The smallest absolute Gasteiger partial charge is 0.307 e. The summed E-state index contributed by atoms with van der Waals surface area (Å²) in [5.41, 5.74) is 3.12. The van der Waals surface area contributed by atoms with Crippen LogP contribution in [0.25, 0.3) is 11.3 Å². The lowest BCUT2D eigenvalue weighted by Gasteiger charge is -2.26. The van der Waals surface area contributed by atoms with Gasteiger partial charge in [0.05, 0.1) is 17.5 Å². The molecular weight excluding hydrogens is 360 g/mol. The van der Waals surface area contributed by atoms with Gasteiger partial charge in [-0.3, -0.25) is 9.59 Å². The highest BCUT2D eigenvalue weighted by Crippen LogP contribution is 2.52. The van der Waals surface area contributed by atoms with Gasteiger partial charge < -0.3 is 10.4 Å². The van der Waals surface area contributed by atoms with Crippen molar-refractivity contribution in [2.24, 2.45) is 23.7 Å². The van der Waals surface area contributed by atoms with Crippen molar-refractivity contribution in [3.8, 4) is 11.3 Å². The second kappa shape index (κ2) is 7.08. The molecule has 1 aromatic heterocycles. The summed E-state index contributed by atoms with van der Waals surface area (Å²) in [6, 6.07) is 8.30. The van der Waals surface area contributed by atoms with E-state index in [4.69, 9.17) is 0 Å². The van der Waals surface area contributed by atoms with Crippen molar-refractivity contribution in [3.05, 3.63) is 35.2 Å². The van der Waals surface area contributed by atoms with Crippen LogP contribution in [0, 0.1) is 23.7 Å². The number of nitrogens with zero attached hydrogens (tertiary/aromatic N) is 1. The zero-order valence-electron chi connectivity index (χ0n) is 15.5. The zero-order chi connectivity index (χ0) is 19.1. The molecule has 5 nitrogen and oxygen atoms in total. The molecule has 2 saturated carbocycles. The molecule has 1 amide bonds. The monoisotopic (exact) mass is 384 g/mol. The molecule has 2 aromatic rings. The number of aliphatic carboxylic acids is 1. The predicted octanol–water partition coefficient (Wildman–Crippen LogP) is 4.62. The standard InChI is InChI=1S/C21H24N2O3S/c1-11(2)12-3-5-13(6-4-12)16-10-27-21(22-16)23-19(24)17-14-7-8-15(9-14)18(17)20(25)26/h3-6,10-11,14-15,17-18H,7-9H2,1-2H3,(H,25,26)(H,22,23,24)/t14-,15+,17+,18+/m1/s1. The molecule has 6 heteroatoms. The molecule has 4 atom stereocenters. The van der Waals surface area contributed by atoms with Crippen LogP contribution in [0.2, 0.25) is 0 Å². The zero-order valence-corrected chi connectivity index (χ0v) is 16.3. The number of fused-ring (bicyclic) bond motifs is 2. The van der Waals surface area contributed by atoms with Gasteiger partial charge in [0.2, 0.25) is 5.91 Å². The summed E-state index contributed by atoms with van der Waals surface area (Å²) in [6.07, 6.45) is 2.75. The number of benzene rings is 1. The van der Waals surface area contributed by atoms with Crippen LogP contribution in [0.3, 0.4) is 0 Å². The highest BCUT2D eigenvalue weighted by atomic mass is 32.1. The fourth-order valence-electron chi connectivity index (χ4n) is 4.72. The molecule has 0 saturated heterocycles. The third kappa shape index (κ3) is 3.38. The minimum absolute atomic E-state index is 0.148. The largest absolute Gasteiger partial charge is 0.481 e. The van der Waals surface area contributed by atoms with Gasteiger partial charge in [0, 0.05) is 10.9 Å². The maximum atomic E-state index is 12.8. The molecule has 2 aliphatic rings. The first-order chi connectivity index (χ1) is 12.9. The molecule has 1 aromatic carbocycles. The summed E-state index contributed by atoms with van der Waals surface area (Å²) < 4.78 is 0. The average molecular weight is 385 g/mol. The number of thiazole rings is 1. The summed E-state index contributed by atoms with van der Waals surface area (Å²) >= 11 is 1.38. The van der Waals surface area contributed by atoms with Gasteiger partial charge in [-0.15, -0.1) is 11.3 Å². The SMILES string of the molecule is CC(C)c1ccc(-c2csc(NC(=O)[C@H]3[C@@H]4CC[C@@H](C4)[C@@H]3C(=O)O)n2)cc1. The van der Waals surface area contributed by atoms with Crippen LogP contribution in [0.5, 0.6) is 0 Å². The fraction of sp³-hybridized carbons (Fsp3) is 0.476. The number of carbonyl (C=O) groups is 2. The van der Waals surface area contributed by atoms with E-state index in [1.54, 1.807) is 0 Å². The van der Waals surface area contributed by atoms with Crippen molar-refractivity contribution in [3.63, 3.8) is 0 Å². The minimum Gasteiger partial charge on any atom is -0.481 e. The number of carbonyl (C=O) groups excluding carboxylic acids is 1. The summed E-state index contributed by atoms with van der Waals surface area (Å²) in [5.74, 6) is -1.19. The molecule has 0 radical (unpaired) electrons. The molecule has 142 valence electrons. The number of hydrogen-bond acceptors (Lipinski definition) is 4. The number of hydrogen-bond donors (Lipinski definition) is 2. The molecule has 2 fully saturated rings. The first-order valence-electron chi connectivity index (χ1n) is 9.53. The van der Waals surface area contributed by atoms with Gasteiger partial charge in [0.1, 0.15) is 0 Å². The van der Waals surface area contributed by atoms with E-state index >= 15 is 0 Å². The Labute approximate surface area is 162 Å². The molecule has 0 aliphatic heterocycles. The maximum Gasteiger partial charge on any atom is 0.307 e. The molecule has 4 rings (SSSR count). The van der Waals surface area contributed by atoms with Gasteiger partial charge in [-0.2, -0.15) is 0 Å². The lowest BCUT2D eigenvalue weighted by Crippen LogP contribution is -2.37. The molecule has 2 N–H and O–H groups in total. The number of aromatic nitrogens is 1. The van der Waals surface area contributed by atoms with Crippen molar-refractivity contribution in [2.45, 2.75) is 39.0 Å². The third-order valence-electron chi connectivity index (χ3n) is 6.11. The second-order valence-corrected chi connectivity index (χ2v) is 8.88. The molecule has 2 bridgehead atoms. The van der Waals surface area contributed by atoms with Gasteiger partial charge in [-0.25, -0.2) is 4.98 Å². The molecule has 0 spiro atoms. The topological polar surface area (TPSA) is 79.3 Å². The van der Waals surface area contributed by atoms with Crippen molar-refractivity contribution < 1.29 is 14.7 Å². The van der Waals surface area contributed by atoms with Gasteiger partial charge in [-0.05, 0) is 42.6 Å². The first kappa shape index (κ1) is 18.2. The van der Waals surface area contributed by atoms with Crippen LogP contribution in [-0.2, 0) is 9.59 Å². The van der Waals surface area contributed by atoms with Gasteiger partial charge >= 0.3 is 5.97 Å². The van der Waals surface area contributed by atoms with Crippen molar-refractivity contribution >= 4 is 28.3 Å². The number of carboxylic acids is 1. The van der Waals surface area contributed by atoms with Gasteiger partial charge in [0.15, 0.2) is 5.13 Å². The van der Waals surface area contributed by atoms with E-state index in [0.29, 0.717) is 11.0 Å². The Morgan fingerprint density at radius 3 is 2.44 bits per heavy atom. The van der Waals surface area contributed by atoms with Crippen LogP contribution < -0.4 is 5.32 Å². The lowest BCUT2D eigenvalue weighted by molar-refractivity contribution is -0.148. The predicted molar refractivity (Wildman–Crippen MR) is 106 cm³/mol. The number of carboxylic acid groups (broad SMARTS) is 1. The first-order valence-corrected chi connectivity index (χ1v) is 10.4. The highest BCUT2D eigenvalue weighted by Gasteiger charge is 2.54. The molecule has 2 aliphatic carbocycles. The van der Waals surface area contributed by atoms with E-state index in [2.05, 4.69) is 36.3 Å². The molecular formula is C21H24N2O3S. The van der Waals surface area contributed by atoms with Gasteiger partial charge in [0.25, 0.3) is 0 Å². The van der Waals surface area contributed by atoms with Crippen LogP contribution in [0.4, 0.5) is 5.13 Å². The Morgan fingerprint density at radius 1 is 1.15 bits per heavy atom. The van der Waals surface area contributed by atoms with Crippen LogP contribution in [-0.4, -0.2) is 22.0 Å². The van der Waals surface area contributed by atoms with Crippen molar-refractivity contribution in [1.82, 2.24) is 4.98 Å². The Hall–Kier alpha value is -2.21. The Morgan fingerprint density at radius 2 is 1.81 bits per heavy atom. The Balaban J connectivity index is 1.47. The number of nitrogens with one attached hydrogen (secondary N) is 1. The van der Waals surface area contributed by atoms with Crippen LogP contribution >= 0.6 is 11.3 Å². The van der Waals surface area contributed by atoms with E-state index in [0.717, 1.165) is 30.5 Å². The quantitative estimate of drug-likeness (QED) is 0.788. The highest BCUT2D eigenvalue weighted by molar-refractivity contribution is 7.14. The van der Waals surface area contributed by atoms with E-state index in [1.807, 2.05) is 17.5 Å². The fourth-order valence-corrected chi connectivity index (χ4v) is 5.44.